The minimum Gasteiger partial charge on any atom is -0.491 e. The average Bonchev–Trinajstić information content (AvgIpc) is 1.28. The van der Waals surface area contributed by atoms with Crippen molar-refractivity contribution in [3.05, 3.63) is 237 Å². The van der Waals surface area contributed by atoms with Gasteiger partial charge < -0.3 is 38.6 Å². The van der Waals surface area contributed by atoms with Gasteiger partial charge in [0.25, 0.3) is 23.6 Å². The number of aromatic carboxylic acids is 2. The summed E-state index contributed by atoms with van der Waals surface area (Å²) in [7, 11) is 2.83. The highest BCUT2D eigenvalue weighted by atomic mass is 32.1. The fraction of sp³-hybridized carbons (Fsp3) is 0.250. The molecule has 2 aliphatic heterocycles. The quantitative estimate of drug-likeness (QED) is 0.0208. The van der Waals surface area contributed by atoms with E-state index in [2.05, 4.69) is 39.8 Å². The normalized spacial score (nSPS) is 12.5. The second-order valence-electron chi connectivity index (χ2n) is 31.9. The second-order valence-corrected chi connectivity index (χ2v) is 37.8. The number of hydrogen-bond acceptors (Lipinski definition) is 20. The van der Waals surface area contributed by atoms with Gasteiger partial charge >= 0.3 is 23.9 Å². The van der Waals surface area contributed by atoms with Crippen molar-refractivity contribution in [2.24, 2.45) is 0 Å². The SMILES string of the molecule is CCCCCCOc1c2cc(-c3sc(OC(=O)c4ccc(-c5c(-c6ccccc6)c(-c6ccccc6)c(-c6ccc(C(=O)Oc7sc(-c8cc9c(OCCCCCC)c%10sccc%10c(OCCCCCC)c9s8)c8c7C(=O)N(C)C8=O)cc6)c(-c6ccc(C(=O)O)cc6)c5-c5ccc(C(=O)O)cc5)cc4)c4c3C(=O)N(C)C4=O)sc2c(OCCCCCC)c2ccsc12. The van der Waals surface area contributed by atoms with E-state index >= 15 is 9.59 Å². The lowest BCUT2D eigenvalue weighted by molar-refractivity contribution is 0.0671. The summed E-state index contributed by atoms with van der Waals surface area (Å²) in [5.74, 6) is -3.37. The summed E-state index contributed by atoms with van der Waals surface area (Å²) in [6, 6.07) is 54.2. The largest absolute Gasteiger partial charge is 0.491 e. The van der Waals surface area contributed by atoms with E-state index in [1.807, 2.05) is 83.6 Å². The topological polar surface area (TPSA) is 239 Å². The Morgan fingerprint density at radius 3 is 0.883 bits per heavy atom. The van der Waals surface area contributed by atoms with Gasteiger partial charge in [0.05, 0.1) is 88.4 Å². The standard InChI is InChI=1S/C104H92N2O16S6/c1-7-11-15-25-51-117-85-69-49-55-123-89(69)87(119-53-27-17-13-9-3)71-57-73(125-91(71)85)93-81-83(97(109)105(5)95(81)107)103(127-93)121-101(115)67-45-37-63(38-46-67)77-75(59-29-21-19-22-30-59)76(60-31-23-20-24-32-60)78(80(62-35-43-66(44-36-62)100(113)114)79(77)61-33-41-65(42-34-61)99(111)112)64-39-47-68(48-40-64)102(116)122-104-84-82(96(108)106(6)98(84)110)94(128-104)74-58-72-88(120-54-28-18-14-10-4)90-70(50-56-124-90)86(92(72)126-74)118-52-26-16-12-8-2/h19-24,29-50,55-58H,7-18,25-28,51-54H2,1-6H3,(H,111,112)(H,113,114). The Morgan fingerprint density at radius 1 is 0.305 bits per heavy atom. The second kappa shape index (κ2) is 38.6. The third kappa shape index (κ3) is 16.9. The molecule has 0 aliphatic carbocycles. The molecule has 0 unspecified atom stereocenters. The van der Waals surface area contributed by atoms with Crippen LogP contribution >= 0.6 is 68.0 Å². The molecule has 2 N–H and O–H groups in total. The molecule has 650 valence electrons. The Bertz CT molecular complexity index is 6250. The maximum atomic E-state index is 15.2. The van der Waals surface area contributed by atoms with Crippen molar-refractivity contribution in [1.82, 2.24) is 9.80 Å². The van der Waals surface area contributed by atoms with Crippen LogP contribution in [0.4, 0.5) is 0 Å². The molecular formula is C104H92N2O16S6. The molecule has 24 heteroatoms. The molecule has 0 spiro atoms. The Balaban J connectivity index is 0.780. The minimum absolute atomic E-state index is 0.00775. The Morgan fingerprint density at radius 2 is 0.586 bits per heavy atom. The molecule has 4 amide bonds. The van der Waals surface area contributed by atoms with Gasteiger partial charge in [0, 0.05) is 45.4 Å². The lowest BCUT2D eigenvalue weighted by atomic mass is 9.74. The highest BCUT2D eigenvalue weighted by Crippen LogP contribution is 2.60. The van der Waals surface area contributed by atoms with E-state index < -0.39 is 47.5 Å². The Kier molecular flexibility index (Phi) is 26.5. The van der Waals surface area contributed by atoms with Crippen LogP contribution in [0.25, 0.3) is 127 Å². The smallest absolute Gasteiger partial charge is 0.344 e. The predicted octanol–water partition coefficient (Wildman–Crippen LogP) is 28.1. The number of fused-ring (bicyclic) bond motifs is 6. The van der Waals surface area contributed by atoms with Crippen molar-refractivity contribution in [1.29, 1.82) is 0 Å². The molecule has 0 fully saturated rings. The van der Waals surface area contributed by atoms with Crippen LogP contribution in [0.5, 0.6) is 33.1 Å². The number of imide groups is 2. The third-order valence-corrected chi connectivity index (χ3v) is 30.1. The summed E-state index contributed by atoms with van der Waals surface area (Å²) >= 11 is 8.12. The minimum atomic E-state index is -1.16. The maximum Gasteiger partial charge on any atom is 0.344 e. The van der Waals surface area contributed by atoms with Crippen LogP contribution in [0, 0.1) is 0 Å². The zero-order valence-electron chi connectivity index (χ0n) is 71.6. The molecule has 0 saturated heterocycles. The van der Waals surface area contributed by atoms with Gasteiger partial charge in [-0.3, -0.25) is 29.0 Å². The Labute approximate surface area is 764 Å². The van der Waals surface area contributed by atoms with Gasteiger partial charge in [0.15, 0.2) is 10.1 Å². The number of amides is 4. The molecule has 8 heterocycles. The van der Waals surface area contributed by atoms with Crippen LogP contribution in [0.3, 0.4) is 0 Å². The number of carboxylic acids is 2. The van der Waals surface area contributed by atoms with Crippen molar-refractivity contribution in [3.8, 4) is 119 Å². The van der Waals surface area contributed by atoms with E-state index in [1.54, 1.807) is 95.5 Å². The molecule has 2 aliphatic rings. The monoisotopic (exact) mass is 1820 g/mol. The van der Waals surface area contributed by atoms with Gasteiger partial charge in [0.2, 0.25) is 0 Å². The molecule has 17 rings (SSSR count). The van der Waals surface area contributed by atoms with Crippen molar-refractivity contribution in [3.63, 3.8) is 0 Å². The first-order valence-corrected chi connectivity index (χ1v) is 48.5. The molecule has 0 bridgehead atoms. The van der Waals surface area contributed by atoms with Gasteiger partial charge in [-0.2, -0.15) is 0 Å². The Hall–Kier alpha value is -12.4. The van der Waals surface area contributed by atoms with Crippen molar-refractivity contribution >= 4 is 156 Å². The summed E-state index contributed by atoms with van der Waals surface area (Å²) in [6.45, 7) is 10.7. The zero-order valence-corrected chi connectivity index (χ0v) is 76.5. The van der Waals surface area contributed by atoms with E-state index in [4.69, 9.17) is 28.4 Å². The number of rotatable bonds is 38. The molecule has 0 radical (unpaired) electrons. The van der Waals surface area contributed by atoms with Crippen LogP contribution < -0.4 is 28.4 Å². The summed E-state index contributed by atoms with van der Waals surface area (Å²) in [5.41, 5.74) is 7.82. The number of thiophene rings is 6. The van der Waals surface area contributed by atoms with Crippen LogP contribution in [-0.2, 0) is 0 Å². The first-order chi connectivity index (χ1) is 62.4. The first-order valence-electron chi connectivity index (χ1n) is 43.5. The van der Waals surface area contributed by atoms with E-state index in [9.17, 15) is 39.0 Å². The predicted molar refractivity (Wildman–Crippen MR) is 515 cm³/mol. The van der Waals surface area contributed by atoms with Gasteiger partial charge in [-0.25, -0.2) is 19.2 Å². The van der Waals surface area contributed by atoms with Gasteiger partial charge in [-0.15, -0.1) is 45.3 Å². The lowest BCUT2D eigenvalue weighted by Gasteiger charge is -2.29. The van der Waals surface area contributed by atoms with E-state index in [0.29, 0.717) is 102 Å². The van der Waals surface area contributed by atoms with Gasteiger partial charge in [-0.1, -0.05) is 237 Å². The fourth-order valence-electron chi connectivity index (χ4n) is 16.9. The molecule has 0 saturated carbocycles. The number of ether oxygens (including phenoxy) is 6. The summed E-state index contributed by atoms with van der Waals surface area (Å²) in [4.78, 5) is 118. The molecule has 18 nitrogen and oxygen atoms in total. The van der Waals surface area contributed by atoms with Crippen LogP contribution in [0.1, 0.15) is 213 Å². The number of hydrogen-bond donors (Lipinski definition) is 2. The van der Waals surface area contributed by atoms with Crippen molar-refractivity contribution < 1.29 is 77.0 Å². The number of esters is 2. The molecule has 15 aromatic rings. The number of carboxylic acid groups (broad SMARTS) is 2. The highest BCUT2D eigenvalue weighted by molar-refractivity contribution is 7.28. The van der Waals surface area contributed by atoms with E-state index in [-0.39, 0.29) is 54.6 Å². The first kappa shape index (κ1) is 87.6. The number of benzene rings is 9. The van der Waals surface area contributed by atoms with Crippen molar-refractivity contribution in [2.75, 3.05) is 40.5 Å². The van der Waals surface area contributed by atoms with E-state index in [1.165, 1.54) is 61.0 Å². The third-order valence-electron chi connectivity index (χ3n) is 23.5. The van der Waals surface area contributed by atoms with Gasteiger partial charge in [0.1, 0.15) is 34.1 Å². The average molecular weight is 1820 g/mol. The van der Waals surface area contributed by atoms with Crippen molar-refractivity contribution in [2.45, 2.75) is 130 Å². The molecular weight excluding hydrogens is 1730 g/mol. The molecule has 0 atom stereocenters. The van der Waals surface area contributed by atoms with Gasteiger partial charge in [-0.05, 0) is 176 Å². The number of carbonyl (C=O) groups is 8. The van der Waals surface area contributed by atoms with Crippen LogP contribution in [-0.4, -0.2) is 108 Å². The van der Waals surface area contributed by atoms with E-state index in [0.717, 1.165) is 210 Å². The lowest BCUT2D eigenvalue weighted by Crippen LogP contribution is -2.25. The molecule has 6 aromatic heterocycles. The summed E-state index contributed by atoms with van der Waals surface area (Å²) < 4.78 is 43.3. The highest BCUT2D eigenvalue weighted by Gasteiger charge is 2.45. The summed E-state index contributed by atoms with van der Waals surface area (Å²) in [5, 5.41) is 28.5. The molecule has 128 heavy (non-hydrogen) atoms. The molecule has 9 aromatic carbocycles. The van der Waals surface area contributed by atoms with Crippen LogP contribution in [0.2, 0.25) is 0 Å². The number of carbonyl (C=O) groups excluding carboxylic acids is 6. The number of unbranched alkanes of at least 4 members (excludes halogenated alkanes) is 12. The fourth-order valence-corrected chi connectivity index (χ4v) is 23.6. The maximum absolute atomic E-state index is 15.2. The zero-order chi connectivity index (χ0) is 89.0. The number of nitrogens with zero attached hydrogens (tertiary/aromatic N) is 2. The summed E-state index contributed by atoms with van der Waals surface area (Å²) in [6.07, 6.45) is 16.2. The van der Waals surface area contributed by atoms with Crippen LogP contribution in [0.15, 0.2) is 193 Å².